The highest BCUT2D eigenvalue weighted by Crippen LogP contribution is 2.32. The van der Waals surface area contributed by atoms with Gasteiger partial charge >= 0.3 is 5.97 Å². The van der Waals surface area contributed by atoms with Gasteiger partial charge in [-0.2, -0.15) is 0 Å². The third-order valence-electron chi connectivity index (χ3n) is 3.62. The standard InChI is InChI=1S/C15H21NO2/c1-2-8-15(9-10-16-12-15)14(17)18-11-13-6-4-3-5-7-13/h3-7,16H,2,8-12H2,1H3. The Morgan fingerprint density at radius 1 is 1.39 bits per heavy atom. The summed E-state index contributed by atoms with van der Waals surface area (Å²) in [4.78, 5) is 12.3. The molecule has 3 heteroatoms. The lowest BCUT2D eigenvalue weighted by Crippen LogP contribution is -2.35. The highest BCUT2D eigenvalue weighted by Gasteiger charge is 2.41. The molecule has 1 heterocycles. The van der Waals surface area contributed by atoms with Crippen molar-refractivity contribution < 1.29 is 9.53 Å². The van der Waals surface area contributed by atoms with E-state index in [9.17, 15) is 4.79 Å². The summed E-state index contributed by atoms with van der Waals surface area (Å²) in [6.45, 7) is 4.17. The number of ether oxygens (including phenoxy) is 1. The summed E-state index contributed by atoms with van der Waals surface area (Å²) in [5, 5.41) is 3.28. The zero-order valence-electron chi connectivity index (χ0n) is 10.9. The van der Waals surface area contributed by atoms with Gasteiger partial charge in [-0.25, -0.2) is 0 Å². The topological polar surface area (TPSA) is 38.3 Å². The number of hydrogen-bond acceptors (Lipinski definition) is 3. The summed E-state index contributed by atoms with van der Waals surface area (Å²) in [6, 6.07) is 9.84. The van der Waals surface area contributed by atoms with Crippen LogP contribution >= 0.6 is 0 Å². The molecule has 0 aromatic heterocycles. The van der Waals surface area contributed by atoms with Crippen LogP contribution in [0.5, 0.6) is 0 Å². The second-order valence-electron chi connectivity index (χ2n) is 5.02. The van der Waals surface area contributed by atoms with Crippen LogP contribution in [0.3, 0.4) is 0 Å². The Morgan fingerprint density at radius 2 is 2.17 bits per heavy atom. The van der Waals surface area contributed by atoms with E-state index in [1.54, 1.807) is 0 Å². The van der Waals surface area contributed by atoms with Gasteiger partial charge < -0.3 is 10.1 Å². The number of nitrogens with one attached hydrogen (secondary N) is 1. The van der Waals surface area contributed by atoms with Crippen LogP contribution in [0.25, 0.3) is 0 Å². The molecule has 98 valence electrons. The van der Waals surface area contributed by atoms with Crippen LogP contribution in [0.2, 0.25) is 0 Å². The van der Waals surface area contributed by atoms with Gasteiger partial charge in [0, 0.05) is 6.54 Å². The fourth-order valence-corrected chi connectivity index (χ4v) is 2.59. The number of carbonyl (C=O) groups is 1. The fourth-order valence-electron chi connectivity index (χ4n) is 2.59. The average Bonchev–Trinajstić information content (AvgIpc) is 2.87. The third kappa shape index (κ3) is 2.91. The molecule has 0 bridgehead atoms. The highest BCUT2D eigenvalue weighted by atomic mass is 16.5. The molecule has 18 heavy (non-hydrogen) atoms. The summed E-state index contributed by atoms with van der Waals surface area (Å²) < 4.78 is 5.49. The molecule has 0 radical (unpaired) electrons. The first-order chi connectivity index (χ1) is 8.77. The van der Waals surface area contributed by atoms with Crippen LogP contribution in [0.1, 0.15) is 31.7 Å². The largest absolute Gasteiger partial charge is 0.460 e. The SMILES string of the molecule is CCCC1(C(=O)OCc2ccccc2)CCNC1. The number of hydrogen-bond donors (Lipinski definition) is 1. The molecule has 0 saturated carbocycles. The molecule has 1 unspecified atom stereocenters. The molecule has 3 nitrogen and oxygen atoms in total. The van der Waals surface area contributed by atoms with Crippen molar-refractivity contribution in [3.63, 3.8) is 0 Å². The van der Waals surface area contributed by atoms with E-state index in [4.69, 9.17) is 4.74 Å². The highest BCUT2D eigenvalue weighted by molar-refractivity contribution is 5.77. The number of esters is 1. The first kappa shape index (κ1) is 13.1. The molecule has 1 aromatic rings. The molecule has 0 aliphatic carbocycles. The van der Waals surface area contributed by atoms with E-state index in [0.29, 0.717) is 6.61 Å². The monoisotopic (exact) mass is 247 g/mol. The Labute approximate surface area is 109 Å². The summed E-state index contributed by atoms with van der Waals surface area (Å²) in [5.41, 5.74) is 0.757. The van der Waals surface area contributed by atoms with Crippen molar-refractivity contribution in [1.82, 2.24) is 5.32 Å². The molecule has 1 aliphatic heterocycles. The van der Waals surface area contributed by atoms with Gasteiger partial charge in [-0.05, 0) is 24.9 Å². The van der Waals surface area contributed by atoms with Gasteiger partial charge in [-0.15, -0.1) is 0 Å². The molecule has 1 aromatic carbocycles. The molecule has 1 fully saturated rings. The van der Waals surface area contributed by atoms with Crippen LogP contribution < -0.4 is 5.32 Å². The first-order valence-electron chi connectivity index (χ1n) is 6.69. The van der Waals surface area contributed by atoms with Crippen molar-refractivity contribution in [2.75, 3.05) is 13.1 Å². The summed E-state index contributed by atoms with van der Waals surface area (Å²) >= 11 is 0. The van der Waals surface area contributed by atoms with E-state index in [0.717, 1.165) is 37.9 Å². The molecule has 0 spiro atoms. The Kier molecular flexibility index (Phi) is 4.37. The maximum absolute atomic E-state index is 12.3. The lowest BCUT2D eigenvalue weighted by Gasteiger charge is -2.25. The van der Waals surface area contributed by atoms with Crippen LogP contribution in [0.4, 0.5) is 0 Å². The zero-order valence-corrected chi connectivity index (χ0v) is 10.9. The van der Waals surface area contributed by atoms with Gasteiger partial charge in [0.25, 0.3) is 0 Å². The van der Waals surface area contributed by atoms with E-state index in [1.807, 2.05) is 30.3 Å². The predicted octanol–water partition coefficient (Wildman–Crippen LogP) is 2.51. The lowest BCUT2D eigenvalue weighted by molar-refractivity contribution is -0.156. The van der Waals surface area contributed by atoms with Gasteiger partial charge in [-0.3, -0.25) is 4.79 Å². The Balaban J connectivity index is 1.94. The van der Waals surface area contributed by atoms with Gasteiger partial charge in [0.2, 0.25) is 0 Å². The van der Waals surface area contributed by atoms with Gasteiger partial charge in [0.1, 0.15) is 6.61 Å². The van der Waals surface area contributed by atoms with E-state index < -0.39 is 0 Å². The predicted molar refractivity (Wildman–Crippen MR) is 71.1 cm³/mol. The van der Waals surface area contributed by atoms with Gasteiger partial charge in [-0.1, -0.05) is 43.7 Å². The quantitative estimate of drug-likeness (QED) is 0.812. The lowest BCUT2D eigenvalue weighted by atomic mass is 9.82. The number of carbonyl (C=O) groups excluding carboxylic acids is 1. The molecule has 2 rings (SSSR count). The van der Waals surface area contributed by atoms with Crippen molar-refractivity contribution in [2.24, 2.45) is 5.41 Å². The second-order valence-corrected chi connectivity index (χ2v) is 5.02. The van der Waals surface area contributed by atoms with Crippen LogP contribution in [-0.4, -0.2) is 19.1 Å². The van der Waals surface area contributed by atoms with Crippen molar-refractivity contribution >= 4 is 5.97 Å². The van der Waals surface area contributed by atoms with E-state index in [1.165, 1.54) is 0 Å². The minimum absolute atomic E-state index is 0.0433. The normalized spacial score (nSPS) is 22.9. The molecular weight excluding hydrogens is 226 g/mol. The van der Waals surface area contributed by atoms with Crippen molar-refractivity contribution in [3.05, 3.63) is 35.9 Å². The smallest absolute Gasteiger partial charge is 0.313 e. The van der Waals surface area contributed by atoms with Crippen LogP contribution in [0, 0.1) is 5.41 Å². The molecule has 1 aliphatic rings. The molecule has 1 saturated heterocycles. The minimum atomic E-state index is -0.288. The third-order valence-corrected chi connectivity index (χ3v) is 3.62. The summed E-state index contributed by atoms with van der Waals surface area (Å²) in [5.74, 6) is -0.0433. The van der Waals surface area contributed by atoms with Gasteiger partial charge in [0.15, 0.2) is 0 Å². The van der Waals surface area contributed by atoms with E-state index in [2.05, 4.69) is 12.2 Å². The van der Waals surface area contributed by atoms with E-state index >= 15 is 0 Å². The van der Waals surface area contributed by atoms with Crippen LogP contribution in [0.15, 0.2) is 30.3 Å². The molecule has 0 amide bonds. The van der Waals surface area contributed by atoms with Crippen molar-refractivity contribution in [2.45, 2.75) is 32.8 Å². The van der Waals surface area contributed by atoms with Crippen molar-refractivity contribution in [3.8, 4) is 0 Å². The first-order valence-corrected chi connectivity index (χ1v) is 6.69. The average molecular weight is 247 g/mol. The Morgan fingerprint density at radius 3 is 2.78 bits per heavy atom. The summed E-state index contributed by atoms with van der Waals surface area (Å²) in [7, 11) is 0. The Hall–Kier alpha value is -1.35. The maximum Gasteiger partial charge on any atom is 0.313 e. The summed E-state index contributed by atoms with van der Waals surface area (Å²) in [6.07, 6.45) is 2.82. The maximum atomic E-state index is 12.3. The van der Waals surface area contributed by atoms with Gasteiger partial charge in [0.05, 0.1) is 5.41 Å². The second kappa shape index (κ2) is 6.01. The zero-order chi connectivity index (χ0) is 12.8. The molecule has 1 N–H and O–H groups in total. The number of rotatable bonds is 5. The number of benzene rings is 1. The van der Waals surface area contributed by atoms with Crippen LogP contribution in [-0.2, 0) is 16.1 Å². The molecule has 1 atom stereocenters. The Bertz CT molecular complexity index is 383. The molecular formula is C15H21NO2. The van der Waals surface area contributed by atoms with Crippen molar-refractivity contribution in [1.29, 1.82) is 0 Å². The van der Waals surface area contributed by atoms with E-state index in [-0.39, 0.29) is 11.4 Å². The fraction of sp³-hybridized carbons (Fsp3) is 0.533. The minimum Gasteiger partial charge on any atom is -0.460 e.